The van der Waals surface area contributed by atoms with Crippen LogP contribution in [0.5, 0.6) is 0 Å². The van der Waals surface area contributed by atoms with Gasteiger partial charge in [0.2, 0.25) is 0 Å². The van der Waals surface area contributed by atoms with Crippen molar-refractivity contribution in [3.63, 3.8) is 0 Å². The monoisotopic (exact) mass is 309 g/mol. The molecule has 0 aliphatic heterocycles. The van der Waals surface area contributed by atoms with E-state index in [1.54, 1.807) is 22.4 Å². The molecule has 4 nitrogen and oxygen atoms in total. The number of hydrogen-bond donors (Lipinski definition) is 1. The van der Waals surface area contributed by atoms with Crippen LogP contribution in [0.3, 0.4) is 0 Å². The molecule has 2 amide bonds. The maximum Gasteiger partial charge on any atom is 0.327 e. The molecular weight excluding hydrogens is 294 g/mol. The molecule has 22 heavy (non-hydrogen) atoms. The summed E-state index contributed by atoms with van der Waals surface area (Å²) in [5, 5.41) is 4.91. The van der Waals surface area contributed by atoms with Crippen LogP contribution in [-0.4, -0.2) is 11.0 Å². The van der Waals surface area contributed by atoms with Gasteiger partial charge in [0, 0.05) is 16.8 Å². The van der Waals surface area contributed by atoms with Crippen LogP contribution >= 0.6 is 11.3 Å². The van der Waals surface area contributed by atoms with Crippen molar-refractivity contribution in [3.8, 4) is 0 Å². The van der Waals surface area contributed by atoms with Gasteiger partial charge < -0.3 is 5.32 Å². The molecule has 2 heterocycles. The Bertz CT molecular complexity index is 714. The lowest BCUT2D eigenvalue weighted by molar-refractivity contribution is 0.256. The fourth-order valence-electron chi connectivity index (χ4n) is 2.04. The second kappa shape index (κ2) is 6.87. The van der Waals surface area contributed by atoms with Crippen molar-refractivity contribution in [2.24, 2.45) is 0 Å². The molecule has 0 spiro atoms. The molecule has 1 N–H and O–H groups in total. The van der Waals surface area contributed by atoms with Crippen molar-refractivity contribution in [1.82, 2.24) is 4.98 Å². The number of aromatic nitrogens is 1. The molecule has 0 atom stereocenters. The molecule has 110 valence electrons. The van der Waals surface area contributed by atoms with Gasteiger partial charge >= 0.3 is 6.03 Å². The van der Waals surface area contributed by atoms with Crippen LogP contribution in [0.25, 0.3) is 0 Å². The van der Waals surface area contributed by atoms with Crippen LogP contribution in [-0.2, 0) is 6.54 Å². The van der Waals surface area contributed by atoms with Crippen molar-refractivity contribution in [2.75, 3.05) is 10.2 Å². The van der Waals surface area contributed by atoms with Gasteiger partial charge in [0.25, 0.3) is 0 Å². The SMILES string of the molecule is O=C(Nc1ccccc1)N(Cc1cccs1)c1ccccn1. The number of pyridine rings is 1. The quantitative estimate of drug-likeness (QED) is 0.777. The minimum atomic E-state index is -0.196. The van der Waals surface area contributed by atoms with E-state index in [0.717, 1.165) is 10.6 Å². The first kappa shape index (κ1) is 14.3. The highest BCUT2D eigenvalue weighted by Gasteiger charge is 2.17. The number of carbonyl (C=O) groups excluding carboxylic acids is 1. The summed E-state index contributed by atoms with van der Waals surface area (Å²) in [5.41, 5.74) is 0.764. The van der Waals surface area contributed by atoms with Gasteiger partial charge in [-0.05, 0) is 35.7 Å². The lowest BCUT2D eigenvalue weighted by Gasteiger charge is -2.21. The van der Waals surface area contributed by atoms with Gasteiger partial charge in [0.15, 0.2) is 0 Å². The maximum atomic E-state index is 12.6. The number of urea groups is 1. The molecule has 0 aliphatic carbocycles. The van der Waals surface area contributed by atoms with Crippen LogP contribution in [0, 0.1) is 0 Å². The van der Waals surface area contributed by atoms with E-state index in [2.05, 4.69) is 10.3 Å². The van der Waals surface area contributed by atoms with Gasteiger partial charge in [0.1, 0.15) is 5.82 Å². The van der Waals surface area contributed by atoms with Gasteiger partial charge in [-0.3, -0.25) is 4.90 Å². The molecule has 3 aromatic rings. The number of anilines is 2. The Hall–Kier alpha value is -2.66. The normalized spacial score (nSPS) is 10.2. The van der Waals surface area contributed by atoms with E-state index in [0.29, 0.717) is 12.4 Å². The Balaban J connectivity index is 1.83. The van der Waals surface area contributed by atoms with E-state index in [-0.39, 0.29) is 6.03 Å². The zero-order chi connectivity index (χ0) is 15.2. The van der Waals surface area contributed by atoms with E-state index < -0.39 is 0 Å². The highest BCUT2D eigenvalue weighted by Crippen LogP contribution is 2.19. The smallest absolute Gasteiger partial charge is 0.307 e. The predicted molar refractivity (Wildman–Crippen MR) is 90.2 cm³/mol. The highest BCUT2D eigenvalue weighted by atomic mass is 32.1. The number of nitrogens with one attached hydrogen (secondary N) is 1. The van der Waals surface area contributed by atoms with Crippen molar-refractivity contribution < 1.29 is 4.79 Å². The van der Waals surface area contributed by atoms with Crippen LogP contribution in [0.1, 0.15) is 4.88 Å². The molecule has 3 rings (SSSR count). The summed E-state index contributed by atoms with van der Waals surface area (Å²) in [7, 11) is 0. The Morgan fingerprint density at radius 1 is 1.05 bits per heavy atom. The number of rotatable bonds is 4. The average Bonchev–Trinajstić information content (AvgIpc) is 3.07. The van der Waals surface area contributed by atoms with Crippen LogP contribution in [0.4, 0.5) is 16.3 Å². The third-order valence-corrected chi connectivity index (χ3v) is 3.95. The Morgan fingerprint density at radius 2 is 1.86 bits per heavy atom. The van der Waals surface area contributed by atoms with Crippen molar-refractivity contribution >= 4 is 28.9 Å². The molecule has 1 aromatic carbocycles. The Morgan fingerprint density at radius 3 is 2.55 bits per heavy atom. The highest BCUT2D eigenvalue weighted by molar-refractivity contribution is 7.09. The number of amides is 2. The number of hydrogen-bond acceptors (Lipinski definition) is 3. The summed E-state index contributed by atoms with van der Waals surface area (Å²) in [6.45, 7) is 0.493. The lowest BCUT2D eigenvalue weighted by atomic mass is 10.3. The molecule has 0 radical (unpaired) electrons. The van der Waals surface area contributed by atoms with Crippen molar-refractivity contribution in [3.05, 3.63) is 77.1 Å². The largest absolute Gasteiger partial charge is 0.327 e. The van der Waals surface area contributed by atoms with Crippen LogP contribution < -0.4 is 10.2 Å². The number of benzene rings is 1. The molecule has 0 saturated heterocycles. The molecule has 5 heteroatoms. The molecule has 0 saturated carbocycles. The summed E-state index contributed by atoms with van der Waals surface area (Å²) >= 11 is 1.62. The average molecular weight is 309 g/mol. The fourth-order valence-corrected chi connectivity index (χ4v) is 2.73. The Kier molecular flexibility index (Phi) is 4.46. The molecule has 0 fully saturated rings. The maximum absolute atomic E-state index is 12.6. The fraction of sp³-hybridized carbons (Fsp3) is 0.0588. The minimum absolute atomic E-state index is 0.196. The van der Waals surface area contributed by atoms with Gasteiger partial charge in [-0.25, -0.2) is 9.78 Å². The summed E-state index contributed by atoms with van der Waals surface area (Å²) in [6, 6.07) is 18.7. The second-order valence-electron chi connectivity index (χ2n) is 4.65. The summed E-state index contributed by atoms with van der Waals surface area (Å²) in [5.74, 6) is 0.629. The number of carbonyl (C=O) groups is 1. The van der Waals surface area contributed by atoms with Gasteiger partial charge in [-0.15, -0.1) is 11.3 Å². The first-order chi connectivity index (χ1) is 10.8. The van der Waals surface area contributed by atoms with Crippen molar-refractivity contribution in [1.29, 1.82) is 0 Å². The summed E-state index contributed by atoms with van der Waals surface area (Å²) in [4.78, 5) is 19.7. The van der Waals surface area contributed by atoms with E-state index in [4.69, 9.17) is 0 Å². The van der Waals surface area contributed by atoms with Gasteiger partial charge in [-0.2, -0.15) is 0 Å². The topological polar surface area (TPSA) is 45.2 Å². The zero-order valence-electron chi connectivity index (χ0n) is 11.8. The molecule has 0 unspecified atom stereocenters. The lowest BCUT2D eigenvalue weighted by Crippen LogP contribution is -2.34. The molecule has 0 aliphatic rings. The zero-order valence-corrected chi connectivity index (χ0v) is 12.7. The van der Waals surface area contributed by atoms with E-state index in [9.17, 15) is 4.79 Å². The van der Waals surface area contributed by atoms with E-state index >= 15 is 0 Å². The molecule has 0 bridgehead atoms. The second-order valence-corrected chi connectivity index (χ2v) is 5.68. The van der Waals surface area contributed by atoms with Crippen molar-refractivity contribution in [2.45, 2.75) is 6.54 Å². The number of thiophene rings is 1. The van der Waals surface area contributed by atoms with Gasteiger partial charge in [-0.1, -0.05) is 30.3 Å². The van der Waals surface area contributed by atoms with E-state index in [1.165, 1.54) is 0 Å². The van der Waals surface area contributed by atoms with Crippen LogP contribution in [0.15, 0.2) is 72.2 Å². The number of para-hydroxylation sites is 1. The number of nitrogens with zero attached hydrogens (tertiary/aromatic N) is 2. The predicted octanol–water partition coefficient (Wildman–Crippen LogP) is 4.38. The Labute approximate surface area is 133 Å². The minimum Gasteiger partial charge on any atom is -0.307 e. The first-order valence-electron chi connectivity index (χ1n) is 6.90. The third kappa shape index (κ3) is 3.51. The molecule has 2 aromatic heterocycles. The summed E-state index contributed by atoms with van der Waals surface area (Å²) in [6.07, 6.45) is 1.69. The molecular formula is C17H15N3OS. The third-order valence-electron chi connectivity index (χ3n) is 3.09. The van der Waals surface area contributed by atoms with E-state index in [1.807, 2.05) is 66.0 Å². The van der Waals surface area contributed by atoms with Gasteiger partial charge in [0.05, 0.1) is 6.54 Å². The summed E-state index contributed by atoms with van der Waals surface area (Å²) < 4.78 is 0. The van der Waals surface area contributed by atoms with Crippen LogP contribution in [0.2, 0.25) is 0 Å². The standard InChI is InChI=1S/C17H15N3OS/c21-17(19-14-7-2-1-3-8-14)20(13-15-9-6-12-22-15)16-10-4-5-11-18-16/h1-12H,13H2,(H,19,21). The first-order valence-corrected chi connectivity index (χ1v) is 7.78.